The summed E-state index contributed by atoms with van der Waals surface area (Å²) in [6.45, 7) is 0.198. The van der Waals surface area contributed by atoms with Gasteiger partial charge in [-0.1, -0.05) is 6.07 Å². The first kappa shape index (κ1) is 9.92. The lowest BCUT2D eigenvalue weighted by molar-refractivity contribution is -0.141. The Morgan fingerprint density at radius 1 is 1.67 bits per heavy atom. The molecule has 0 aromatic carbocycles. The Bertz CT molecular complexity index is 448. The van der Waals surface area contributed by atoms with Crippen molar-refractivity contribution in [2.24, 2.45) is 0 Å². The fourth-order valence-electron chi connectivity index (χ4n) is 1.27. The zero-order valence-corrected chi connectivity index (χ0v) is 9.03. The maximum Gasteiger partial charge on any atom is 0.325 e. The number of carbonyl (C=O) groups excluding carboxylic acids is 1. The Labute approximate surface area is 91.1 Å². The van der Waals surface area contributed by atoms with Crippen LogP contribution in [0.3, 0.4) is 0 Å². The second-order valence-corrected chi connectivity index (χ2v) is 3.88. The van der Waals surface area contributed by atoms with E-state index in [0.29, 0.717) is 0 Å². The Hall–Kier alpha value is -1.62. The van der Waals surface area contributed by atoms with Crippen LogP contribution < -0.4 is 0 Å². The molecule has 0 aliphatic rings. The SMILES string of the molecule is COC(=O)Cn1ccnc1-c1cccs1. The van der Waals surface area contributed by atoms with E-state index in [1.165, 1.54) is 7.11 Å². The number of thiophene rings is 1. The first-order valence-corrected chi connectivity index (χ1v) is 5.31. The first-order valence-electron chi connectivity index (χ1n) is 4.43. The minimum absolute atomic E-state index is 0.198. The summed E-state index contributed by atoms with van der Waals surface area (Å²) >= 11 is 1.59. The van der Waals surface area contributed by atoms with E-state index in [9.17, 15) is 4.79 Å². The summed E-state index contributed by atoms with van der Waals surface area (Å²) < 4.78 is 6.39. The second-order valence-electron chi connectivity index (χ2n) is 2.93. The molecule has 4 nitrogen and oxygen atoms in total. The number of carbonyl (C=O) groups is 1. The van der Waals surface area contributed by atoms with Gasteiger partial charge in [-0.2, -0.15) is 0 Å². The highest BCUT2D eigenvalue weighted by molar-refractivity contribution is 7.13. The minimum Gasteiger partial charge on any atom is -0.468 e. The van der Waals surface area contributed by atoms with Gasteiger partial charge in [0.15, 0.2) is 5.82 Å². The molecule has 78 valence electrons. The third kappa shape index (κ3) is 2.07. The number of methoxy groups -OCH3 is 1. The zero-order chi connectivity index (χ0) is 10.7. The van der Waals surface area contributed by atoms with Gasteiger partial charge in [0.2, 0.25) is 0 Å². The van der Waals surface area contributed by atoms with Crippen molar-refractivity contribution in [1.82, 2.24) is 9.55 Å². The summed E-state index contributed by atoms with van der Waals surface area (Å²) in [7, 11) is 1.38. The van der Waals surface area contributed by atoms with E-state index in [4.69, 9.17) is 0 Å². The number of nitrogens with zero attached hydrogens (tertiary/aromatic N) is 2. The molecular formula is C10H10N2O2S. The van der Waals surface area contributed by atoms with Crippen LogP contribution in [0.5, 0.6) is 0 Å². The van der Waals surface area contributed by atoms with Crippen LogP contribution >= 0.6 is 11.3 Å². The Balaban J connectivity index is 2.27. The summed E-state index contributed by atoms with van der Waals surface area (Å²) in [6.07, 6.45) is 3.45. The highest BCUT2D eigenvalue weighted by atomic mass is 32.1. The van der Waals surface area contributed by atoms with Crippen LogP contribution in [0.1, 0.15) is 0 Å². The summed E-state index contributed by atoms with van der Waals surface area (Å²) in [4.78, 5) is 16.4. The van der Waals surface area contributed by atoms with Crippen molar-refractivity contribution in [3.8, 4) is 10.7 Å². The lowest BCUT2D eigenvalue weighted by Gasteiger charge is -2.04. The number of hydrogen-bond donors (Lipinski definition) is 0. The largest absolute Gasteiger partial charge is 0.468 e. The van der Waals surface area contributed by atoms with Crippen molar-refractivity contribution >= 4 is 17.3 Å². The molecule has 2 aromatic heterocycles. The van der Waals surface area contributed by atoms with E-state index in [1.54, 1.807) is 28.3 Å². The average molecular weight is 222 g/mol. The van der Waals surface area contributed by atoms with Crippen molar-refractivity contribution in [1.29, 1.82) is 0 Å². The molecule has 0 aliphatic heterocycles. The summed E-state index contributed by atoms with van der Waals surface area (Å²) in [6, 6.07) is 3.93. The molecule has 0 N–H and O–H groups in total. The van der Waals surface area contributed by atoms with E-state index in [-0.39, 0.29) is 12.5 Å². The Kier molecular flexibility index (Phi) is 2.82. The van der Waals surface area contributed by atoms with Gasteiger partial charge in [-0.15, -0.1) is 11.3 Å². The van der Waals surface area contributed by atoms with Gasteiger partial charge in [0, 0.05) is 12.4 Å². The van der Waals surface area contributed by atoms with E-state index in [2.05, 4.69) is 9.72 Å². The van der Waals surface area contributed by atoms with Crippen LogP contribution in [0.25, 0.3) is 10.7 Å². The van der Waals surface area contributed by atoms with Crippen LogP contribution in [-0.2, 0) is 16.1 Å². The van der Waals surface area contributed by atoms with E-state index in [1.807, 2.05) is 17.5 Å². The molecule has 2 rings (SSSR count). The van der Waals surface area contributed by atoms with Crippen LogP contribution in [-0.4, -0.2) is 22.6 Å². The molecule has 0 amide bonds. The molecule has 2 heterocycles. The van der Waals surface area contributed by atoms with Gasteiger partial charge in [-0.25, -0.2) is 4.98 Å². The molecular weight excluding hydrogens is 212 g/mol. The van der Waals surface area contributed by atoms with Crippen molar-refractivity contribution in [3.05, 3.63) is 29.9 Å². The molecule has 5 heteroatoms. The highest BCUT2D eigenvalue weighted by Crippen LogP contribution is 2.22. The maximum atomic E-state index is 11.1. The molecule has 0 unspecified atom stereocenters. The number of ether oxygens (including phenoxy) is 1. The molecule has 2 aromatic rings. The fourth-order valence-corrected chi connectivity index (χ4v) is 2.01. The molecule has 0 saturated carbocycles. The van der Waals surface area contributed by atoms with Crippen LogP contribution in [0, 0.1) is 0 Å². The van der Waals surface area contributed by atoms with Gasteiger partial charge >= 0.3 is 5.97 Å². The molecule has 0 fully saturated rings. The molecule has 0 aliphatic carbocycles. The number of imidazole rings is 1. The van der Waals surface area contributed by atoms with Crippen molar-refractivity contribution < 1.29 is 9.53 Å². The summed E-state index contributed by atoms with van der Waals surface area (Å²) in [5, 5.41) is 1.98. The summed E-state index contributed by atoms with van der Waals surface area (Å²) in [5.74, 6) is 0.529. The quantitative estimate of drug-likeness (QED) is 0.743. The average Bonchev–Trinajstić information content (AvgIpc) is 2.86. The number of hydrogen-bond acceptors (Lipinski definition) is 4. The van der Waals surface area contributed by atoms with E-state index < -0.39 is 0 Å². The highest BCUT2D eigenvalue weighted by Gasteiger charge is 2.09. The Morgan fingerprint density at radius 3 is 3.20 bits per heavy atom. The molecule has 0 atom stereocenters. The molecule has 15 heavy (non-hydrogen) atoms. The van der Waals surface area contributed by atoms with Gasteiger partial charge in [0.1, 0.15) is 6.54 Å². The third-order valence-electron chi connectivity index (χ3n) is 1.98. The monoisotopic (exact) mass is 222 g/mol. The standard InChI is InChI=1S/C10H10N2O2S/c1-14-9(13)7-12-5-4-11-10(12)8-3-2-6-15-8/h2-6H,7H2,1H3. The van der Waals surface area contributed by atoms with Gasteiger partial charge < -0.3 is 9.30 Å². The predicted octanol–water partition coefficient (Wildman–Crippen LogP) is 1.78. The normalized spacial score (nSPS) is 10.2. The van der Waals surface area contributed by atoms with Crippen LogP contribution in [0.15, 0.2) is 29.9 Å². The predicted molar refractivity (Wildman–Crippen MR) is 57.6 cm³/mol. The fraction of sp³-hybridized carbons (Fsp3) is 0.200. The maximum absolute atomic E-state index is 11.1. The first-order chi connectivity index (χ1) is 7.31. The van der Waals surface area contributed by atoms with Gasteiger partial charge in [0.05, 0.1) is 12.0 Å². The van der Waals surface area contributed by atoms with Crippen LogP contribution in [0.2, 0.25) is 0 Å². The summed E-state index contributed by atoms with van der Waals surface area (Å²) in [5.41, 5.74) is 0. The topological polar surface area (TPSA) is 44.1 Å². The molecule has 0 bridgehead atoms. The third-order valence-corrected chi connectivity index (χ3v) is 2.85. The lowest BCUT2D eigenvalue weighted by Crippen LogP contribution is -2.11. The van der Waals surface area contributed by atoms with Crippen molar-refractivity contribution in [2.75, 3.05) is 7.11 Å². The van der Waals surface area contributed by atoms with Crippen molar-refractivity contribution in [2.45, 2.75) is 6.54 Å². The van der Waals surface area contributed by atoms with Gasteiger partial charge in [-0.3, -0.25) is 4.79 Å². The Morgan fingerprint density at radius 2 is 2.53 bits per heavy atom. The van der Waals surface area contributed by atoms with Crippen molar-refractivity contribution in [3.63, 3.8) is 0 Å². The second kappa shape index (κ2) is 4.27. The van der Waals surface area contributed by atoms with E-state index >= 15 is 0 Å². The number of aromatic nitrogens is 2. The van der Waals surface area contributed by atoms with E-state index in [0.717, 1.165) is 10.7 Å². The zero-order valence-electron chi connectivity index (χ0n) is 8.21. The molecule has 0 saturated heterocycles. The van der Waals surface area contributed by atoms with Gasteiger partial charge in [-0.05, 0) is 11.4 Å². The smallest absolute Gasteiger partial charge is 0.325 e. The number of rotatable bonds is 3. The number of esters is 1. The minimum atomic E-state index is -0.272. The van der Waals surface area contributed by atoms with Gasteiger partial charge in [0.25, 0.3) is 0 Å². The lowest BCUT2D eigenvalue weighted by atomic mass is 10.4. The van der Waals surface area contributed by atoms with Crippen LogP contribution in [0.4, 0.5) is 0 Å². The molecule has 0 radical (unpaired) electrons. The molecule has 0 spiro atoms.